The standard InChI is InChI=1S/C10H22N2O2S/c1-10(5-4-6-11-10)9-12(2)7-8-15(3,13)14/h11H,4-9H2,1-3H3. The molecule has 1 fully saturated rings. The normalized spacial score (nSPS) is 27.5. The van der Waals surface area contributed by atoms with Gasteiger partial charge in [0, 0.05) is 24.9 Å². The molecule has 1 N–H and O–H groups in total. The summed E-state index contributed by atoms with van der Waals surface area (Å²) in [4.78, 5) is 2.10. The lowest BCUT2D eigenvalue weighted by molar-refractivity contribution is 0.249. The molecule has 1 unspecified atom stereocenters. The van der Waals surface area contributed by atoms with E-state index in [0.717, 1.165) is 13.1 Å². The van der Waals surface area contributed by atoms with Crippen LogP contribution >= 0.6 is 0 Å². The second-order valence-electron chi connectivity index (χ2n) is 4.96. The SMILES string of the molecule is CN(CCS(C)(=O)=O)CC1(C)CCCN1. The van der Waals surface area contributed by atoms with Crippen LogP contribution in [0.25, 0.3) is 0 Å². The molecule has 1 atom stereocenters. The number of sulfone groups is 1. The van der Waals surface area contributed by atoms with Crippen LogP contribution in [0.3, 0.4) is 0 Å². The van der Waals surface area contributed by atoms with E-state index >= 15 is 0 Å². The predicted molar refractivity (Wildman–Crippen MR) is 62.8 cm³/mol. The first-order valence-corrected chi connectivity index (χ1v) is 7.48. The highest BCUT2D eigenvalue weighted by Crippen LogP contribution is 2.19. The lowest BCUT2D eigenvalue weighted by atomic mass is 10.00. The van der Waals surface area contributed by atoms with E-state index in [-0.39, 0.29) is 11.3 Å². The van der Waals surface area contributed by atoms with Crippen molar-refractivity contribution in [2.75, 3.05) is 38.7 Å². The van der Waals surface area contributed by atoms with E-state index in [2.05, 4.69) is 17.1 Å². The molecule has 1 aliphatic heterocycles. The van der Waals surface area contributed by atoms with Crippen LogP contribution in [0.5, 0.6) is 0 Å². The molecule has 1 heterocycles. The Kier molecular flexibility index (Phi) is 4.14. The van der Waals surface area contributed by atoms with Gasteiger partial charge in [0.15, 0.2) is 0 Å². The molecule has 0 bridgehead atoms. The molecule has 90 valence electrons. The van der Waals surface area contributed by atoms with E-state index in [9.17, 15) is 8.42 Å². The van der Waals surface area contributed by atoms with Crippen LogP contribution in [0.1, 0.15) is 19.8 Å². The fourth-order valence-electron chi connectivity index (χ4n) is 2.09. The third-order valence-electron chi connectivity index (χ3n) is 2.92. The highest BCUT2D eigenvalue weighted by atomic mass is 32.2. The highest BCUT2D eigenvalue weighted by molar-refractivity contribution is 7.90. The van der Waals surface area contributed by atoms with Gasteiger partial charge in [-0.15, -0.1) is 0 Å². The van der Waals surface area contributed by atoms with Crippen LogP contribution in [0.15, 0.2) is 0 Å². The Hall–Kier alpha value is -0.130. The molecule has 0 aromatic heterocycles. The maximum absolute atomic E-state index is 11.0. The average Bonchev–Trinajstić information content (AvgIpc) is 2.47. The van der Waals surface area contributed by atoms with Crippen LogP contribution < -0.4 is 5.32 Å². The van der Waals surface area contributed by atoms with Crippen molar-refractivity contribution in [3.8, 4) is 0 Å². The Balaban J connectivity index is 2.32. The number of nitrogens with zero attached hydrogens (tertiary/aromatic N) is 1. The monoisotopic (exact) mass is 234 g/mol. The summed E-state index contributed by atoms with van der Waals surface area (Å²) >= 11 is 0. The molecular weight excluding hydrogens is 212 g/mol. The van der Waals surface area contributed by atoms with Gasteiger partial charge in [0.2, 0.25) is 0 Å². The molecule has 15 heavy (non-hydrogen) atoms. The van der Waals surface area contributed by atoms with E-state index in [1.807, 2.05) is 7.05 Å². The molecule has 0 radical (unpaired) electrons. The fourth-order valence-corrected chi connectivity index (χ4v) is 2.73. The van der Waals surface area contributed by atoms with Crippen LogP contribution in [-0.4, -0.2) is 57.5 Å². The molecule has 0 aliphatic carbocycles. The van der Waals surface area contributed by atoms with Crippen LogP contribution in [0, 0.1) is 0 Å². The van der Waals surface area contributed by atoms with Crippen LogP contribution in [0.2, 0.25) is 0 Å². The van der Waals surface area contributed by atoms with Crippen LogP contribution in [0.4, 0.5) is 0 Å². The minimum Gasteiger partial charge on any atom is -0.310 e. The van der Waals surface area contributed by atoms with E-state index in [1.165, 1.54) is 19.1 Å². The summed E-state index contributed by atoms with van der Waals surface area (Å²) < 4.78 is 22.0. The molecule has 4 nitrogen and oxygen atoms in total. The Morgan fingerprint density at radius 2 is 2.13 bits per heavy atom. The zero-order valence-corrected chi connectivity index (χ0v) is 10.7. The Morgan fingerprint density at radius 3 is 2.60 bits per heavy atom. The largest absolute Gasteiger partial charge is 0.310 e. The van der Waals surface area contributed by atoms with Crippen molar-refractivity contribution in [1.82, 2.24) is 10.2 Å². The summed E-state index contributed by atoms with van der Waals surface area (Å²) in [6.45, 7) is 4.83. The first-order chi connectivity index (χ1) is 6.81. The van der Waals surface area contributed by atoms with Gasteiger partial charge in [-0.2, -0.15) is 0 Å². The van der Waals surface area contributed by atoms with Gasteiger partial charge in [0.05, 0.1) is 5.75 Å². The number of nitrogens with one attached hydrogen (secondary N) is 1. The van der Waals surface area contributed by atoms with E-state index in [0.29, 0.717) is 6.54 Å². The lowest BCUT2D eigenvalue weighted by Gasteiger charge is -2.30. The van der Waals surface area contributed by atoms with Gasteiger partial charge in [-0.25, -0.2) is 8.42 Å². The summed E-state index contributed by atoms with van der Waals surface area (Å²) in [5, 5.41) is 3.47. The van der Waals surface area contributed by atoms with Crippen LogP contribution in [-0.2, 0) is 9.84 Å². The maximum atomic E-state index is 11.0. The topological polar surface area (TPSA) is 49.4 Å². The Bertz CT molecular complexity index is 295. The van der Waals surface area contributed by atoms with Crippen molar-refractivity contribution in [2.45, 2.75) is 25.3 Å². The molecule has 1 saturated heterocycles. The van der Waals surface area contributed by atoms with E-state index < -0.39 is 9.84 Å². The molecule has 0 saturated carbocycles. The first kappa shape index (κ1) is 12.9. The molecule has 0 spiro atoms. The van der Waals surface area contributed by atoms with Gasteiger partial charge in [0.25, 0.3) is 0 Å². The lowest BCUT2D eigenvalue weighted by Crippen LogP contribution is -2.47. The van der Waals surface area contributed by atoms with Crippen molar-refractivity contribution in [3.05, 3.63) is 0 Å². The Morgan fingerprint density at radius 1 is 1.47 bits per heavy atom. The second kappa shape index (κ2) is 4.80. The smallest absolute Gasteiger partial charge is 0.148 e. The molecule has 0 aromatic rings. The third kappa shape index (κ3) is 4.95. The van der Waals surface area contributed by atoms with E-state index in [4.69, 9.17) is 0 Å². The molecular formula is C10H22N2O2S. The minimum atomic E-state index is -2.83. The maximum Gasteiger partial charge on any atom is 0.148 e. The summed E-state index contributed by atoms with van der Waals surface area (Å²) in [5.41, 5.74) is 0.173. The third-order valence-corrected chi connectivity index (χ3v) is 3.84. The molecule has 0 amide bonds. The summed E-state index contributed by atoms with van der Waals surface area (Å²) in [6, 6.07) is 0. The number of hydrogen-bond acceptors (Lipinski definition) is 4. The van der Waals surface area contributed by atoms with Crippen molar-refractivity contribution in [1.29, 1.82) is 0 Å². The fraction of sp³-hybridized carbons (Fsp3) is 1.00. The molecule has 0 aromatic carbocycles. The van der Waals surface area contributed by atoms with Crippen molar-refractivity contribution in [2.24, 2.45) is 0 Å². The van der Waals surface area contributed by atoms with Crippen molar-refractivity contribution < 1.29 is 8.42 Å². The van der Waals surface area contributed by atoms with Gasteiger partial charge >= 0.3 is 0 Å². The van der Waals surface area contributed by atoms with Gasteiger partial charge < -0.3 is 10.2 Å². The minimum absolute atomic E-state index is 0.173. The van der Waals surface area contributed by atoms with Crippen molar-refractivity contribution >= 4 is 9.84 Å². The quantitative estimate of drug-likeness (QED) is 0.733. The van der Waals surface area contributed by atoms with Gasteiger partial charge in [-0.05, 0) is 33.4 Å². The average molecular weight is 234 g/mol. The van der Waals surface area contributed by atoms with Gasteiger partial charge in [-0.1, -0.05) is 0 Å². The predicted octanol–water partition coefficient (Wildman–Crippen LogP) is 0.105. The van der Waals surface area contributed by atoms with Crippen molar-refractivity contribution in [3.63, 3.8) is 0 Å². The highest BCUT2D eigenvalue weighted by Gasteiger charge is 2.29. The molecule has 1 aliphatic rings. The summed E-state index contributed by atoms with van der Waals surface area (Å²) in [6.07, 6.45) is 3.68. The number of rotatable bonds is 5. The number of hydrogen-bond donors (Lipinski definition) is 1. The molecule has 1 rings (SSSR count). The Labute approximate surface area is 93.0 Å². The zero-order chi connectivity index (χ0) is 11.5. The van der Waals surface area contributed by atoms with E-state index in [1.54, 1.807) is 0 Å². The zero-order valence-electron chi connectivity index (χ0n) is 9.91. The molecule has 5 heteroatoms. The second-order valence-corrected chi connectivity index (χ2v) is 7.22. The van der Waals surface area contributed by atoms with Gasteiger partial charge in [-0.3, -0.25) is 0 Å². The number of likely N-dealkylation sites (N-methyl/N-ethyl adjacent to an activating group) is 1. The summed E-state index contributed by atoms with van der Waals surface area (Å²) in [5.74, 6) is 0.250. The van der Waals surface area contributed by atoms with Gasteiger partial charge in [0.1, 0.15) is 9.84 Å². The first-order valence-electron chi connectivity index (χ1n) is 5.42. The summed E-state index contributed by atoms with van der Waals surface area (Å²) in [7, 11) is -0.852.